The molecule has 2 rings (SSSR count). The highest BCUT2D eigenvalue weighted by molar-refractivity contribution is 5.55. The summed E-state index contributed by atoms with van der Waals surface area (Å²) in [5.74, 6) is -1.08. The molecular weight excluding hydrogens is 254 g/mol. The summed E-state index contributed by atoms with van der Waals surface area (Å²) in [6.07, 6.45) is -4.63. The van der Waals surface area contributed by atoms with E-state index in [0.717, 1.165) is 12.1 Å². The topological polar surface area (TPSA) is 79.6 Å². The van der Waals surface area contributed by atoms with Crippen LogP contribution in [0.15, 0.2) is 18.2 Å². The molecule has 0 saturated carbocycles. The predicted molar refractivity (Wildman–Crippen MR) is 55.5 cm³/mol. The lowest BCUT2D eigenvalue weighted by Gasteiger charge is -2.09. The maximum Gasteiger partial charge on any atom is 0.416 e. The van der Waals surface area contributed by atoms with Crippen LogP contribution in [0.25, 0.3) is 0 Å². The van der Waals surface area contributed by atoms with Gasteiger partial charge in [-0.05, 0) is 18.2 Å². The van der Waals surface area contributed by atoms with Crippen LogP contribution in [0.2, 0.25) is 0 Å². The summed E-state index contributed by atoms with van der Waals surface area (Å²) in [5, 5.41) is 8.25. The van der Waals surface area contributed by atoms with Gasteiger partial charge in [-0.25, -0.2) is 9.49 Å². The highest BCUT2D eigenvalue weighted by atomic mass is 19.4. The van der Waals surface area contributed by atoms with Crippen LogP contribution in [-0.2, 0) is 6.18 Å². The summed E-state index contributed by atoms with van der Waals surface area (Å²) >= 11 is 0. The number of halogens is 4. The lowest BCUT2D eigenvalue weighted by molar-refractivity contribution is -0.137. The first-order chi connectivity index (χ1) is 8.34. The molecule has 96 valence electrons. The van der Waals surface area contributed by atoms with Gasteiger partial charge in [0.2, 0.25) is 11.9 Å². The molecule has 0 unspecified atom stereocenters. The molecule has 5 nitrogen and oxygen atoms in total. The van der Waals surface area contributed by atoms with Gasteiger partial charge in [-0.3, -0.25) is 0 Å². The number of benzene rings is 1. The highest BCUT2D eigenvalue weighted by Crippen LogP contribution is 2.32. The molecule has 0 bridgehead atoms. The first-order valence-electron chi connectivity index (χ1n) is 4.67. The van der Waals surface area contributed by atoms with Crippen molar-refractivity contribution in [3.05, 3.63) is 29.6 Å². The number of alkyl halides is 3. The minimum absolute atomic E-state index is 0.00931. The van der Waals surface area contributed by atoms with E-state index in [1.54, 1.807) is 0 Å². The number of aromatic amines is 1. The summed E-state index contributed by atoms with van der Waals surface area (Å²) in [6, 6.07) is 2.04. The van der Waals surface area contributed by atoms with Crippen LogP contribution in [0.4, 0.5) is 35.1 Å². The van der Waals surface area contributed by atoms with Crippen LogP contribution in [0.5, 0.6) is 0 Å². The zero-order chi connectivity index (χ0) is 13.3. The molecule has 1 heterocycles. The maximum atomic E-state index is 13.1. The van der Waals surface area contributed by atoms with Crippen molar-refractivity contribution in [2.45, 2.75) is 6.18 Å². The molecule has 0 saturated heterocycles. The Labute approximate surface area is 98.0 Å². The average Bonchev–Trinajstić information content (AvgIpc) is 2.61. The van der Waals surface area contributed by atoms with Gasteiger partial charge in [-0.2, -0.15) is 18.2 Å². The second-order valence-corrected chi connectivity index (χ2v) is 3.40. The standard InChI is InChI=1S/C9H7F4N5/c10-5-1-4(9(11,12)13)2-6(3-5)15-8-16-7(14)17-18-8/h1-3H,(H4,14,15,16,17,18). The van der Waals surface area contributed by atoms with Crippen LogP contribution in [0, 0.1) is 5.82 Å². The van der Waals surface area contributed by atoms with E-state index in [1.807, 2.05) is 0 Å². The molecule has 0 aliphatic carbocycles. The van der Waals surface area contributed by atoms with Gasteiger partial charge in [0.05, 0.1) is 5.56 Å². The number of H-pyrrole nitrogens is 1. The Morgan fingerprint density at radius 1 is 1.22 bits per heavy atom. The number of aromatic nitrogens is 3. The van der Waals surface area contributed by atoms with Crippen molar-refractivity contribution in [1.29, 1.82) is 0 Å². The van der Waals surface area contributed by atoms with Crippen LogP contribution in [-0.4, -0.2) is 15.2 Å². The molecule has 0 atom stereocenters. The number of nitrogens with two attached hydrogens (primary N) is 1. The first kappa shape index (κ1) is 12.1. The summed E-state index contributed by atoms with van der Waals surface area (Å²) in [6.45, 7) is 0. The van der Waals surface area contributed by atoms with Crippen molar-refractivity contribution in [3.8, 4) is 0 Å². The van der Waals surface area contributed by atoms with E-state index >= 15 is 0 Å². The van der Waals surface area contributed by atoms with Crippen molar-refractivity contribution in [1.82, 2.24) is 15.2 Å². The Kier molecular flexibility index (Phi) is 2.81. The van der Waals surface area contributed by atoms with Gasteiger partial charge < -0.3 is 11.1 Å². The molecule has 0 radical (unpaired) electrons. The van der Waals surface area contributed by atoms with E-state index in [0.29, 0.717) is 6.07 Å². The predicted octanol–water partition coefficient (Wildman–Crippen LogP) is 2.29. The third-order valence-corrected chi connectivity index (χ3v) is 1.98. The normalized spacial score (nSPS) is 11.6. The third-order valence-electron chi connectivity index (χ3n) is 1.98. The Balaban J connectivity index is 2.31. The largest absolute Gasteiger partial charge is 0.416 e. The maximum absolute atomic E-state index is 13.1. The molecule has 0 aliphatic heterocycles. The van der Waals surface area contributed by atoms with Gasteiger partial charge in [-0.15, -0.1) is 5.10 Å². The molecule has 0 amide bonds. The van der Waals surface area contributed by atoms with E-state index in [-0.39, 0.29) is 17.6 Å². The molecule has 1 aromatic heterocycles. The number of rotatable bonds is 2. The monoisotopic (exact) mass is 261 g/mol. The zero-order valence-corrected chi connectivity index (χ0v) is 8.72. The van der Waals surface area contributed by atoms with E-state index in [1.165, 1.54) is 0 Å². The number of hydrogen-bond acceptors (Lipinski definition) is 4. The smallest absolute Gasteiger partial charge is 0.368 e. The van der Waals surface area contributed by atoms with Crippen molar-refractivity contribution in [2.24, 2.45) is 0 Å². The molecular formula is C9H7F4N5. The Morgan fingerprint density at radius 2 is 1.94 bits per heavy atom. The first-order valence-corrected chi connectivity index (χ1v) is 4.67. The Hall–Kier alpha value is -2.32. The van der Waals surface area contributed by atoms with Gasteiger partial charge in [0.15, 0.2) is 0 Å². The molecule has 2 aromatic rings. The van der Waals surface area contributed by atoms with Gasteiger partial charge in [-0.1, -0.05) is 0 Å². The van der Waals surface area contributed by atoms with Crippen molar-refractivity contribution < 1.29 is 17.6 Å². The Morgan fingerprint density at radius 3 is 2.50 bits per heavy atom. The summed E-state index contributed by atoms with van der Waals surface area (Å²) in [4.78, 5) is 3.62. The third kappa shape index (κ3) is 2.67. The van der Waals surface area contributed by atoms with E-state index < -0.39 is 17.6 Å². The summed E-state index contributed by atoms with van der Waals surface area (Å²) in [7, 11) is 0. The molecule has 0 spiro atoms. The van der Waals surface area contributed by atoms with Crippen molar-refractivity contribution >= 4 is 17.6 Å². The number of hydrogen-bond donors (Lipinski definition) is 3. The molecule has 0 fully saturated rings. The van der Waals surface area contributed by atoms with Crippen LogP contribution >= 0.6 is 0 Å². The second kappa shape index (κ2) is 4.17. The highest BCUT2D eigenvalue weighted by Gasteiger charge is 2.31. The SMILES string of the molecule is Nc1nc(Nc2cc(F)cc(C(F)(F)F)c2)n[nH]1. The van der Waals surface area contributed by atoms with Crippen LogP contribution in [0.1, 0.15) is 5.56 Å². The molecule has 1 aromatic carbocycles. The fraction of sp³-hybridized carbons (Fsp3) is 0.111. The minimum atomic E-state index is -4.63. The van der Waals surface area contributed by atoms with Gasteiger partial charge in [0.25, 0.3) is 0 Å². The Bertz CT molecular complexity index is 562. The number of nitrogen functional groups attached to an aromatic ring is 1. The van der Waals surface area contributed by atoms with Crippen LogP contribution < -0.4 is 11.1 Å². The van der Waals surface area contributed by atoms with Crippen molar-refractivity contribution in [3.63, 3.8) is 0 Å². The fourth-order valence-corrected chi connectivity index (χ4v) is 1.28. The molecule has 0 aliphatic rings. The molecule has 9 heteroatoms. The second-order valence-electron chi connectivity index (χ2n) is 3.40. The molecule has 4 N–H and O–H groups in total. The zero-order valence-electron chi connectivity index (χ0n) is 8.72. The van der Waals surface area contributed by atoms with Crippen LogP contribution in [0.3, 0.4) is 0 Å². The van der Waals surface area contributed by atoms with Gasteiger partial charge >= 0.3 is 6.18 Å². The van der Waals surface area contributed by atoms with Crippen molar-refractivity contribution in [2.75, 3.05) is 11.1 Å². The van der Waals surface area contributed by atoms with E-state index in [4.69, 9.17) is 5.73 Å². The van der Waals surface area contributed by atoms with Gasteiger partial charge in [0.1, 0.15) is 5.82 Å². The summed E-state index contributed by atoms with van der Waals surface area (Å²) < 4.78 is 50.4. The summed E-state index contributed by atoms with van der Waals surface area (Å²) in [5.41, 5.74) is 4.01. The quantitative estimate of drug-likeness (QED) is 0.724. The van der Waals surface area contributed by atoms with E-state index in [2.05, 4.69) is 20.5 Å². The molecule has 18 heavy (non-hydrogen) atoms. The fourth-order valence-electron chi connectivity index (χ4n) is 1.28. The lowest BCUT2D eigenvalue weighted by atomic mass is 10.2. The number of nitrogens with one attached hydrogen (secondary N) is 2. The van der Waals surface area contributed by atoms with E-state index in [9.17, 15) is 17.6 Å². The minimum Gasteiger partial charge on any atom is -0.368 e. The average molecular weight is 261 g/mol. The number of nitrogens with zero attached hydrogens (tertiary/aromatic N) is 2. The number of anilines is 3. The lowest BCUT2D eigenvalue weighted by Crippen LogP contribution is -2.06. The van der Waals surface area contributed by atoms with Gasteiger partial charge in [0, 0.05) is 5.69 Å².